The standard InChI is InChI=1S/C20H31NO7.C8H17NO2.C2H6.CH4N2O/c1-10-7-20(5,26-6)8-11(2)17(23)13(4)18(24)27-9-14-15(12(3)16(10)22)21-19(25)28-14;1-6-4-7(9(2)3)5-8(10)11-6;1-2;2-3-1-4/h10-15H,7-9H2,1-6H3,(H,21,25);6-8,10H,4-5H2,1-3H3;1-2H3;1H,2H2,(H,3,4)/t10-,11-,12?,13?,14?,15?,20-;;;/m1.../s1. The maximum Gasteiger partial charge on any atom is 0.407 e. The normalized spacial score (nSPS) is 35.6. The van der Waals surface area contributed by atoms with Crippen LogP contribution in [-0.4, -0.2) is 104 Å². The molecule has 3 aliphatic heterocycles. The van der Waals surface area contributed by atoms with Gasteiger partial charge in [-0.1, -0.05) is 34.6 Å². The van der Waals surface area contributed by atoms with Crippen molar-refractivity contribution in [2.75, 3.05) is 27.8 Å². The smallest absolute Gasteiger partial charge is 0.407 e. The molecule has 3 heterocycles. The van der Waals surface area contributed by atoms with E-state index in [1.807, 2.05) is 48.7 Å². The van der Waals surface area contributed by atoms with Crippen LogP contribution in [0.3, 0.4) is 0 Å². The van der Waals surface area contributed by atoms with Gasteiger partial charge in [0, 0.05) is 37.3 Å². The number of hydrazine groups is 1. The SMILES string of the molecule is CC.CC1CC(N(C)C)CC(O)O1.CO[C@@]1(C)C[C@@H](C)C(=O)C(C)C(=O)OCC2OC(=O)NC2C(C)C(=O)[C@H](C)C1.NNC=O. The Morgan fingerprint density at radius 3 is 2.02 bits per heavy atom. The Morgan fingerprint density at radius 2 is 1.56 bits per heavy atom. The van der Waals surface area contributed by atoms with Gasteiger partial charge in [-0.25, -0.2) is 10.6 Å². The Kier molecular flexibility index (Phi) is 19.3. The molecule has 0 aromatic heterocycles. The van der Waals surface area contributed by atoms with Crippen LogP contribution in [0.1, 0.15) is 81.1 Å². The summed E-state index contributed by atoms with van der Waals surface area (Å²) in [5.41, 5.74) is 1.05. The highest BCUT2D eigenvalue weighted by molar-refractivity contribution is 5.99. The third-order valence-corrected chi connectivity index (χ3v) is 8.31. The lowest BCUT2D eigenvalue weighted by atomic mass is 9.78. The molecule has 3 saturated heterocycles. The Hall–Kier alpha value is -2.65. The van der Waals surface area contributed by atoms with Crippen LogP contribution in [0.15, 0.2) is 0 Å². The van der Waals surface area contributed by atoms with E-state index >= 15 is 0 Å². The van der Waals surface area contributed by atoms with Crippen molar-refractivity contribution in [2.45, 2.75) is 117 Å². The quantitative estimate of drug-likeness (QED) is 0.0870. The molecule has 0 bridgehead atoms. The summed E-state index contributed by atoms with van der Waals surface area (Å²) in [6.07, 6.45) is 1.16. The lowest BCUT2D eigenvalue weighted by molar-refractivity contribution is -0.172. The maximum absolute atomic E-state index is 13.0. The first kappa shape index (κ1) is 42.3. The number of nitrogens with zero attached hydrogens (tertiary/aromatic N) is 1. The first-order valence-electron chi connectivity index (χ1n) is 15.7. The number of methoxy groups -OCH3 is 1. The van der Waals surface area contributed by atoms with E-state index in [9.17, 15) is 24.3 Å². The van der Waals surface area contributed by atoms with E-state index in [4.69, 9.17) is 23.7 Å². The molecule has 3 fully saturated rings. The predicted octanol–water partition coefficient (Wildman–Crippen LogP) is 1.95. The fraction of sp³-hybridized carbons (Fsp3) is 0.839. The zero-order valence-electron chi connectivity index (χ0n) is 29.0. The molecule has 2 amide bonds. The Morgan fingerprint density at radius 1 is 1.02 bits per heavy atom. The molecule has 3 aliphatic rings. The van der Waals surface area contributed by atoms with Crippen molar-refractivity contribution < 1.29 is 48.0 Å². The van der Waals surface area contributed by atoms with Gasteiger partial charge in [-0.3, -0.25) is 24.6 Å². The van der Waals surface area contributed by atoms with Crippen molar-refractivity contribution in [1.29, 1.82) is 0 Å². The lowest BCUT2D eigenvalue weighted by Gasteiger charge is -2.34. The number of carbonyl (C=O) groups is 5. The van der Waals surface area contributed by atoms with Crippen LogP contribution >= 0.6 is 0 Å². The molecule has 262 valence electrons. The summed E-state index contributed by atoms with van der Waals surface area (Å²) in [5, 5.41) is 11.9. The van der Waals surface area contributed by atoms with Gasteiger partial charge in [0.1, 0.15) is 24.1 Å². The van der Waals surface area contributed by atoms with Gasteiger partial charge in [0.2, 0.25) is 6.41 Å². The van der Waals surface area contributed by atoms with Gasteiger partial charge in [0.15, 0.2) is 12.4 Å². The molecule has 45 heavy (non-hydrogen) atoms. The number of rotatable bonds is 3. The number of aliphatic hydroxyl groups excluding tert-OH is 1. The minimum atomic E-state index is -0.931. The molecule has 3 rings (SSSR count). The summed E-state index contributed by atoms with van der Waals surface area (Å²) < 4.78 is 21.3. The summed E-state index contributed by atoms with van der Waals surface area (Å²) in [4.78, 5) is 60.8. The van der Waals surface area contributed by atoms with Gasteiger partial charge in [-0.2, -0.15) is 0 Å². The number of carbonyl (C=O) groups excluding carboxylic acids is 5. The Labute approximate surface area is 268 Å². The molecule has 0 aromatic rings. The van der Waals surface area contributed by atoms with Crippen molar-refractivity contribution in [2.24, 2.45) is 29.5 Å². The van der Waals surface area contributed by atoms with Crippen LogP contribution in [0.5, 0.6) is 0 Å². The van der Waals surface area contributed by atoms with Gasteiger partial charge in [0.25, 0.3) is 0 Å². The highest BCUT2D eigenvalue weighted by atomic mass is 16.6. The summed E-state index contributed by atoms with van der Waals surface area (Å²) in [6, 6.07) is -0.134. The number of ether oxygens (including phenoxy) is 4. The average molecular weight is 647 g/mol. The second-order valence-corrected chi connectivity index (χ2v) is 12.2. The number of ketones is 2. The molecule has 0 radical (unpaired) electrons. The van der Waals surface area contributed by atoms with E-state index in [0.717, 1.165) is 12.8 Å². The van der Waals surface area contributed by atoms with Crippen LogP contribution in [0.25, 0.3) is 0 Å². The van der Waals surface area contributed by atoms with Crippen molar-refractivity contribution in [3.63, 3.8) is 0 Å². The summed E-state index contributed by atoms with van der Waals surface area (Å²) in [7, 11) is 5.63. The van der Waals surface area contributed by atoms with Crippen molar-refractivity contribution >= 4 is 30.0 Å². The zero-order valence-corrected chi connectivity index (χ0v) is 29.0. The number of Topliss-reactive ketones (excluding diaryl/α,β-unsaturated/α-hetero) is 2. The second kappa shape index (κ2) is 20.5. The fourth-order valence-corrected chi connectivity index (χ4v) is 5.78. The maximum atomic E-state index is 13.0. The highest BCUT2D eigenvalue weighted by Gasteiger charge is 2.44. The number of amides is 2. The minimum absolute atomic E-state index is 0.0418. The Bertz CT molecular complexity index is 941. The first-order chi connectivity index (χ1) is 21.0. The number of hydrogen-bond acceptors (Lipinski definition) is 12. The van der Waals surface area contributed by atoms with E-state index in [2.05, 4.69) is 16.1 Å². The summed E-state index contributed by atoms with van der Waals surface area (Å²) in [5.74, 6) is 1.23. The molecule has 14 nitrogen and oxygen atoms in total. The second-order valence-electron chi connectivity index (χ2n) is 12.2. The van der Waals surface area contributed by atoms with Crippen molar-refractivity contribution in [3.8, 4) is 0 Å². The fourth-order valence-electron chi connectivity index (χ4n) is 5.78. The summed E-state index contributed by atoms with van der Waals surface area (Å²) >= 11 is 0. The van der Waals surface area contributed by atoms with Gasteiger partial charge >= 0.3 is 12.1 Å². The minimum Gasteiger partial charge on any atom is -0.461 e. The van der Waals surface area contributed by atoms with Crippen LogP contribution in [0, 0.1) is 23.7 Å². The molecular weight excluding hydrogens is 588 g/mol. The van der Waals surface area contributed by atoms with E-state index < -0.39 is 53.9 Å². The van der Waals surface area contributed by atoms with Gasteiger partial charge in [-0.15, -0.1) is 0 Å². The predicted molar refractivity (Wildman–Crippen MR) is 167 cm³/mol. The third kappa shape index (κ3) is 13.7. The zero-order chi connectivity index (χ0) is 35.1. The Balaban J connectivity index is 0.000000935. The van der Waals surface area contributed by atoms with E-state index in [1.165, 1.54) is 6.92 Å². The third-order valence-electron chi connectivity index (χ3n) is 8.31. The number of fused-ring (bicyclic) bond motifs is 1. The van der Waals surface area contributed by atoms with Crippen molar-refractivity contribution in [3.05, 3.63) is 0 Å². The molecule has 0 aromatic carbocycles. The molecule has 10 atom stereocenters. The largest absolute Gasteiger partial charge is 0.461 e. The molecule has 14 heteroatoms. The molecule has 0 aliphatic carbocycles. The number of nitrogens with two attached hydrogens (primary N) is 1. The summed E-state index contributed by atoms with van der Waals surface area (Å²) in [6.45, 7) is 14.5. The number of hydrogen-bond donors (Lipinski definition) is 4. The molecule has 0 spiro atoms. The number of aliphatic hydroxyl groups is 1. The number of nitrogens with one attached hydrogen (secondary N) is 2. The van der Waals surface area contributed by atoms with Gasteiger partial charge in [0.05, 0.1) is 17.7 Å². The van der Waals surface area contributed by atoms with Crippen LogP contribution in [0.2, 0.25) is 0 Å². The molecule has 0 saturated carbocycles. The van der Waals surface area contributed by atoms with E-state index in [1.54, 1.807) is 26.4 Å². The molecule has 7 unspecified atom stereocenters. The van der Waals surface area contributed by atoms with Crippen LogP contribution in [-0.2, 0) is 38.1 Å². The van der Waals surface area contributed by atoms with E-state index in [-0.39, 0.29) is 30.2 Å². The average Bonchev–Trinajstić information content (AvgIpc) is 3.38. The van der Waals surface area contributed by atoms with E-state index in [0.29, 0.717) is 25.3 Å². The van der Waals surface area contributed by atoms with Gasteiger partial charge < -0.3 is 34.3 Å². The monoisotopic (exact) mass is 646 g/mol. The van der Waals surface area contributed by atoms with Crippen LogP contribution in [0.4, 0.5) is 4.79 Å². The lowest BCUT2D eigenvalue weighted by Crippen LogP contribution is -2.46. The molecular formula is C31H58N4O10. The first-order valence-corrected chi connectivity index (χ1v) is 15.7. The number of esters is 1. The molecule has 5 N–H and O–H groups in total. The topological polar surface area (TPSA) is 196 Å². The highest BCUT2D eigenvalue weighted by Crippen LogP contribution is 2.32. The number of cyclic esters (lactones) is 1. The van der Waals surface area contributed by atoms with Crippen molar-refractivity contribution in [1.82, 2.24) is 15.6 Å². The number of alkyl carbamates (subject to hydrolysis) is 1. The van der Waals surface area contributed by atoms with Gasteiger partial charge in [-0.05, 0) is 54.1 Å². The van der Waals surface area contributed by atoms with Crippen LogP contribution < -0.4 is 16.6 Å².